The molecule has 7 heteroatoms. The van der Waals surface area contributed by atoms with Gasteiger partial charge in [0.05, 0.1) is 5.69 Å². The SMILES string of the molecule is CC(C)[C@H](C)NC(=O)Cn1nnn(-c2ccccc2)c1=O. The molecular weight excluding hydrogens is 270 g/mol. The lowest BCUT2D eigenvalue weighted by Crippen LogP contribution is -2.40. The summed E-state index contributed by atoms with van der Waals surface area (Å²) in [4.78, 5) is 24.0. The van der Waals surface area contributed by atoms with Gasteiger partial charge in [0.2, 0.25) is 5.91 Å². The molecule has 1 amide bonds. The average Bonchev–Trinajstić information content (AvgIpc) is 2.81. The summed E-state index contributed by atoms with van der Waals surface area (Å²) in [5.74, 6) is 0.0732. The Labute approximate surface area is 122 Å². The van der Waals surface area contributed by atoms with Gasteiger partial charge in [-0.25, -0.2) is 4.79 Å². The van der Waals surface area contributed by atoms with Crippen LogP contribution in [0, 0.1) is 5.92 Å². The normalized spacial score (nSPS) is 12.4. The number of carbonyl (C=O) groups is 1. The highest BCUT2D eigenvalue weighted by atomic mass is 16.2. The molecule has 0 spiro atoms. The molecule has 1 aromatic heterocycles. The van der Waals surface area contributed by atoms with Crippen LogP contribution in [-0.2, 0) is 11.3 Å². The second-order valence-electron chi connectivity index (χ2n) is 5.27. The molecule has 0 aliphatic carbocycles. The van der Waals surface area contributed by atoms with E-state index >= 15 is 0 Å². The molecule has 21 heavy (non-hydrogen) atoms. The maximum Gasteiger partial charge on any atom is 0.368 e. The molecule has 1 aromatic carbocycles. The summed E-state index contributed by atoms with van der Waals surface area (Å²) in [5, 5.41) is 10.4. The molecule has 0 radical (unpaired) electrons. The number of tetrazole rings is 1. The van der Waals surface area contributed by atoms with Gasteiger partial charge in [0.1, 0.15) is 6.54 Å². The Hall–Kier alpha value is -2.44. The van der Waals surface area contributed by atoms with Crippen molar-refractivity contribution in [3.63, 3.8) is 0 Å². The molecule has 0 aliphatic rings. The van der Waals surface area contributed by atoms with Crippen molar-refractivity contribution >= 4 is 5.91 Å². The van der Waals surface area contributed by atoms with Crippen LogP contribution in [0.25, 0.3) is 5.69 Å². The van der Waals surface area contributed by atoms with Gasteiger partial charge in [-0.3, -0.25) is 4.79 Å². The van der Waals surface area contributed by atoms with E-state index < -0.39 is 5.69 Å². The predicted octanol–water partition coefficient (Wildman–Crippen LogP) is 0.590. The number of benzene rings is 1. The van der Waals surface area contributed by atoms with Gasteiger partial charge in [-0.1, -0.05) is 32.0 Å². The van der Waals surface area contributed by atoms with Crippen molar-refractivity contribution in [2.45, 2.75) is 33.4 Å². The van der Waals surface area contributed by atoms with E-state index in [0.29, 0.717) is 11.6 Å². The number of nitrogens with zero attached hydrogens (tertiary/aromatic N) is 4. The van der Waals surface area contributed by atoms with Crippen molar-refractivity contribution in [1.29, 1.82) is 0 Å². The number of aromatic nitrogens is 4. The van der Waals surface area contributed by atoms with Crippen LogP contribution in [-0.4, -0.2) is 31.7 Å². The molecule has 0 bridgehead atoms. The summed E-state index contributed by atoms with van der Waals surface area (Å²) in [6.07, 6.45) is 0. The Morgan fingerprint density at radius 3 is 2.48 bits per heavy atom. The van der Waals surface area contributed by atoms with Crippen LogP contribution >= 0.6 is 0 Å². The zero-order valence-electron chi connectivity index (χ0n) is 12.4. The largest absolute Gasteiger partial charge is 0.368 e. The summed E-state index contributed by atoms with van der Waals surface area (Å²) in [7, 11) is 0. The fraction of sp³-hybridized carbons (Fsp3) is 0.429. The molecule has 1 atom stereocenters. The first-order chi connectivity index (χ1) is 9.99. The molecule has 112 valence electrons. The molecule has 2 rings (SSSR count). The van der Waals surface area contributed by atoms with Gasteiger partial charge in [-0.2, -0.15) is 9.36 Å². The summed E-state index contributed by atoms with van der Waals surface area (Å²) in [6.45, 7) is 5.82. The van der Waals surface area contributed by atoms with Gasteiger partial charge in [0.15, 0.2) is 0 Å². The lowest BCUT2D eigenvalue weighted by Gasteiger charge is -2.16. The molecule has 1 N–H and O–H groups in total. The third kappa shape index (κ3) is 3.56. The number of rotatable bonds is 5. The van der Waals surface area contributed by atoms with E-state index in [1.807, 2.05) is 26.8 Å². The lowest BCUT2D eigenvalue weighted by molar-refractivity contribution is -0.122. The van der Waals surface area contributed by atoms with Crippen LogP contribution in [0.3, 0.4) is 0 Å². The minimum absolute atomic E-state index is 0.0392. The molecule has 0 saturated carbocycles. The lowest BCUT2D eigenvalue weighted by atomic mass is 10.1. The fourth-order valence-electron chi connectivity index (χ4n) is 1.71. The smallest absolute Gasteiger partial charge is 0.352 e. The molecule has 0 aliphatic heterocycles. The van der Waals surface area contributed by atoms with Crippen LogP contribution in [0.15, 0.2) is 35.1 Å². The van der Waals surface area contributed by atoms with Gasteiger partial charge >= 0.3 is 5.69 Å². The Kier molecular flexibility index (Phi) is 4.52. The van der Waals surface area contributed by atoms with Crippen LogP contribution in [0.2, 0.25) is 0 Å². The van der Waals surface area contributed by atoms with Crippen LogP contribution < -0.4 is 11.0 Å². The fourth-order valence-corrected chi connectivity index (χ4v) is 1.71. The predicted molar refractivity (Wildman–Crippen MR) is 78.1 cm³/mol. The maximum absolute atomic E-state index is 12.1. The topological polar surface area (TPSA) is 81.8 Å². The second-order valence-corrected chi connectivity index (χ2v) is 5.27. The van der Waals surface area contributed by atoms with Crippen molar-refractivity contribution in [3.05, 3.63) is 40.8 Å². The maximum atomic E-state index is 12.1. The molecule has 0 saturated heterocycles. The molecule has 1 heterocycles. The number of nitrogens with one attached hydrogen (secondary N) is 1. The molecule has 0 unspecified atom stereocenters. The summed E-state index contributed by atoms with van der Waals surface area (Å²) < 4.78 is 2.22. The number of para-hydroxylation sites is 1. The van der Waals surface area contributed by atoms with Crippen molar-refractivity contribution in [2.24, 2.45) is 5.92 Å². The van der Waals surface area contributed by atoms with E-state index in [0.717, 1.165) is 4.68 Å². The summed E-state index contributed by atoms with van der Waals surface area (Å²) in [5.41, 5.74) is 0.179. The number of hydrogen-bond acceptors (Lipinski definition) is 4. The van der Waals surface area contributed by atoms with E-state index in [2.05, 4.69) is 15.7 Å². The summed E-state index contributed by atoms with van der Waals surface area (Å²) in [6, 6.07) is 9.00. The van der Waals surface area contributed by atoms with Crippen LogP contribution in [0.1, 0.15) is 20.8 Å². The molecule has 2 aromatic rings. The van der Waals surface area contributed by atoms with Gasteiger partial charge in [0.25, 0.3) is 0 Å². The van der Waals surface area contributed by atoms with E-state index in [-0.39, 0.29) is 18.5 Å². The van der Waals surface area contributed by atoms with Gasteiger partial charge in [0, 0.05) is 6.04 Å². The highest BCUT2D eigenvalue weighted by Gasteiger charge is 2.15. The van der Waals surface area contributed by atoms with E-state index in [9.17, 15) is 9.59 Å². The second kappa shape index (κ2) is 6.34. The van der Waals surface area contributed by atoms with E-state index in [1.165, 1.54) is 4.68 Å². The minimum Gasteiger partial charge on any atom is -0.352 e. The number of hydrogen-bond donors (Lipinski definition) is 1. The third-order valence-electron chi connectivity index (χ3n) is 3.32. The molecular formula is C14H19N5O2. The quantitative estimate of drug-likeness (QED) is 0.873. The first-order valence-electron chi connectivity index (χ1n) is 6.86. The monoisotopic (exact) mass is 289 g/mol. The Bertz CT molecular complexity index is 660. The van der Waals surface area contributed by atoms with Crippen molar-refractivity contribution in [1.82, 2.24) is 25.1 Å². The first kappa shape index (κ1) is 15.0. The van der Waals surface area contributed by atoms with Gasteiger partial charge in [-0.05, 0) is 35.4 Å². The highest BCUT2D eigenvalue weighted by molar-refractivity contribution is 5.75. The molecule has 0 fully saturated rings. The van der Waals surface area contributed by atoms with Crippen LogP contribution in [0.4, 0.5) is 0 Å². The Morgan fingerprint density at radius 2 is 1.86 bits per heavy atom. The van der Waals surface area contributed by atoms with Crippen molar-refractivity contribution in [3.8, 4) is 5.69 Å². The Morgan fingerprint density at radius 1 is 1.19 bits per heavy atom. The van der Waals surface area contributed by atoms with Crippen molar-refractivity contribution < 1.29 is 4.79 Å². The third-order valence-corrected chi connectivity index (χ3v) is 3.32. The molecule has 7 nitrogen and oxygen atoms in total. The van der Waals surface area contributed by atoms with Gasteiger partial charge in [-0.15, -0.1) is 0 Å². The summed E-state index contributed by atoms with van der Waals surface area (Å²) >= 11 is 0. The Balaban J connectivity index is 2.11. The number of carbonyl (C=O) groups excluding carboxylic acids is 1. The van der Waals surface area contributed by atoms with Crippen molar-refractivity contribution in [2.75, 3.05) is 0 Å². The zero-order valence-corrected chi connectivity index (χ0v) is 12.4. The first-order valence-corrected chi connectivity index (χ1v) is 6.86. The number of amides is 1. The minimum atomic E-state index is -0.437. The van der Waals surface area contributed by atoms with Crippen LogP contribution in [0.5, 0.6) is 0 Å². The zero-order chi connectivity index (χ0) is 15.4. The van der Waals surface area contributed by atoms with E-state index in [4.69, 9.17) is 0 Å². The van der Waals surface area contributed by atoms with E-state index in [1.54, 1.807) is 24.3 Å². The standard InChI is InChI=1S/C14H19N5O2/c1-10(2)11(3)15-13(20)9-18-14(21)19(17-16-18)12-7-5-4-6-8-12/h4-8,10-11H,9H2,1-3H3,(H,15,20)/t11-/m0/s1. The average molecular weight is 289 g/mol. The highest BCUT2D eigenvalue weighted by Crippen LogP contribution is 2.01. The van der Waals surface area contributed by atoms with Gasteiger partial charge < -0.3 is 5.32 Å².